The maximum Gasteiger partial charge on any atom is 0.412 e. The maximum absolute atomic E-state index is 11.9. The van der Waals surface area contributed by atoms with Gasteiger partial charge in [0.1, 0.15) is 11.9 Å². The molecular formula is C16H21NO3. The van der Waals surface area contributed by atoms with E-state index in [1.165, 1.54) is 0 Å². The number of rotatable bonds is 2. The summed E-state index contributed by atoms with van der Waals surface area (Å²) in [5.74, 6) is 0. The van der Waals surface area contributed by atoms with Crippen LogP contribution in [-0.2, 0) is 17.6 Å². The number of amides is 1. The van der Waals surface area contributed by atoms with Crippen LogP contribution >= 0.6 is 0 Å². The standard InChI is InChI=1S/C16H21NO3/c1-16(2,3)20-15(19)17-14-9-11(10-18)8-12-6-4-5-7-13(12)14/h8-10H,4-7H2,1-3H3,(H,17,19). The quantitative estimate of drug-likeness (QED) is 0.837. The second-order valence-corrected chi connectivity index (χ2v) is 6.16. The molecule has 0 aliphatic heterocycles. The van der Waals surface area contributed by atoms with Gasteiger partial charge < -0.3 is 4.74 Å². The van der Waals surface area contributed by atoms with Crippen molar-refractivity contribution < 1.29 is 14.3 Å². The van der Waals surface area contributed by atoms with Gasteiger partial charge in [0, 0.05) is 11.3 Å². The molecule has 0 unspecified atom stereocenters. The summed E-state index contributed by atoms with van der Waals surface area (Å²) < 4.78 is 5.27. The molecule has 1 amide bonds. The SMILES string of the molecule is CC(C)(C)OC(=O)Nc1cc(C=O)cc2c1CCCC2. The molecule has 4 heteroatoms. The minimum absolute atomic E-state index is 0.478. The van der Waals surface area contributed by atoms with Gasteiger partial charge in [-0.05, 0) is 69.7 Å². The zero-order valence-corrected chi connectivity index (χ0v) is 12.3. The van der Waals surface area contributed by atoms with Gasteiger partial charge >= 0.3 is 6.09 Å². The third-order valence-electron chi connectivity index (χ3n) is 3.26. The Labute approximate surface area is 119 Å². The van der Waals surface area contributed by atoms with Crippen LogP contribution in [0, 0.1) is 0 Å². The summed E-state index contributed by atoms with van der Waals surface area (Å²) in [5, 5.41) is 2.78. The lowest BCUT2D eigenvalue weighted by Gasteiger charge is -2.23. The number of hydrogen-bond acceptors (Lipinski definition) is 3. The molecule has 20 heavy (non-hydrogen) atoms. The Bertz CT molecular complexity index is 529. The molecule has 0 atom stereocenters. The van der Waals surface area contributed by atoms with E-state index >= 15 is 0 Å². The normalized spacial score (nSPS) is 14.3. The molecule has 1 N–H and O–H groups in total. The van der Waals surface area contributed by atoms with E-state index in [0.29, 0.717) is 11.3 Å². The van der Waals surface area contributed by atoms with Gasteiger partial charge in [0.05, 0.1) is 0 Å². The summed E-state index contributed by atoms with van der Waals surface area (Å²) in [4.78, 5) is 22.9. The summed E-state index contributed by atoms with van der Waals surface area (Å²) in [5.41, 5.74) is 3.06. The van der Waals surface area contributed by atoms with E-state index in [1.807, 2.05) is 26.8 Å². The molecule has 0 heterocycles. The smallest absolute Gasteiger partial charge is 0.412 e. The highest BCUT2D eigenvalue weighted by Gasteiger charge is 2.20. The van der Waals surface area contributed by atoms with Crippen molar-refractivity contribution in [2.24, 2.45) is 0 Å². The molecule has 1 aliphatic carbocycles. The second-order valence-electron chi connectivity index (χ2n) is 6.16. The first kappa shape index (κ1) is 14.6. The van der Waals surface area contributed by atoms with Crippen LogP contribution in [0.1, 0.15) is 55.1 Å². The Kier molecular flexibility index (Phi) is 4.12. The van der Waals surface area contributed by atoms with E-state index in [2.05, 4.69) is 5.32 Å². The van der Waals surface area contributed by atoms with Crippen molar-refractivity contribution in [2.75, 3.05) is 5.32 Å². The summed E-state index contributed by atoms with van der Waals surface area (Å²) in [6, 6.07) is 3.64. The van der Waals surface area contributed by atoms with E-state index in [4.69, 9.17) is 4.74 Å². The minimum Gasteiger partial charge on any atom is -0.444 e. The molecule has 1 aromatic rings. The fourth-order valence-corrected chi connectivity index (χ4v) is 2.49. The van der Waals surface area contributed by atoms with Crippen LogP contribution in [0.25, 0.3) is 0 Å². The van der Waals surface area contributed by atoms with Gasteiger partial charge in [-0.1, -0.05) is 0 Å². The molecule has 0 saturated carbocycles. The average molecular weight is 275 g/mol. The number of hydrogen-bond donors (Lipinski definition) is 1. The molecule has 0 spiro atoms. The molecule has 1 aliphatic rings. The number of aryl methyl sites for hydroxylation is 1. The van der Waals surface area contributed by atoms with Crippen LogP contribution in [0.2, 0.25) is 0 Å². The first-order valence-electron chi connectivity index (χ1n) is 7.00. The fraction of sp³-hybridized carbons (Fsp3) is 0.500. The lowest BCUT2D eigenvalue weighted by Crippen LogP contribution is -2.27. The number of benzene rings is 1. The molecule has 4 nitrogen and oxygen atoms in total. The Hall–Kier alpha value is -1.84. The van der Waals surface area contributed by atoms with Crippen LogP contribution in [0.4, 0.5) is 10.5 Å². The van der Waals surface area contributed by atoms with Crippen LogP contribution in [0.3, 0.4) is 0 Å². The molecule has 0 radical (unpaired) electrons. The number of carbonyl (C=O) groups is 2. The van der Waals surface area contributed by atoms with E-state index < -0.39 is 11.7 Å². The predicted molar refractivity (Wildman–Crippen MR) is 78.3 cm³/mol. The van der Waals surface area contributed by atoms with E-state index in [0.717, 1.165) is 43.1 Å². The molecule has 2 rings (SSSR count). The highest BCUT2D eigenvalue weighted by atomic mass is 16.6. The fourth-order valence-electron chi connectivity index (χ4n) is 2.49. The number of anilines is 1. The Morgan fingerprint density at radius 3 is 2.60 bits per heavy atom. The largest absolute Gasteiger partial charge is 0.444 e. The summed E-state index contributed by atoms with van der Waals surface area (Å²) >= 11 is 0. The van der Waals surface area contributed by atoms with Crippen molar-refractivity contribution >= 4 is 18.1 Å². The Morgan fingerprint density at radius 1 is 1.25 bits per heavy atom. The van der Waals surface area contributed by atoms with Crippen LogP contribution in [-0.4, -0.2) is 18.0 Å². The summed E-state index contributed by atoms with van der Waals surface area (Å²) in [6.45, 7) is 5.47. The van der Waals surface area contributed by atoms with Crippen molar-refractivity contribution in [2.45, 2.75) is 52.1 Å². The third-order valence-corrected chi connectivity index (χ3v) is 3.26. The zero-order valence-electron chi connectivity index (χ0n) is 12.3. The van der Waals surface area contributed by atoms with Crippen molar-refractivity contribution in [3.05, 3.63) is 28.8 Å². The topological polar surface area (TPSA) is 55.4 Å². The van der Waals surface area contributed by atoms with Crippen molar-refractivity contribution in [1.29, 1.82) is 0 Å². The van der Waals surface area contributed by atoms with Gasteiger partial charge in [-0.25, -0.2) is 4.79 Å². The molecule has 0 aromatic heterocycles. The highest BCUT2D eigenvalue weighted by Crippen LogP contribution is 2.29. The first-order chi connectivity index (χ1) is 9.39. The van der Waals surface area contributed by atoms with E-state index in [1.54, 1.807) is 6.07 Å². The van der Waals surface area contributed by atoms with Crippen LogP contribution in [0.5, 0.6) is 0 Å². The van der Waals surface area contributed by atoms with Crippen LogP contribution in [0.15, 0.2) is 12.1 Å². The Balaban J connectivity index is 2.26. The van der Waals surface area contributed by atoms with Crippen molar-refractivity contribution in [3.8, 4) is 0 Å². The number of ether oxygens (including phenoxy) is 1. The van der Waals surface area contributed by atoms with Gasteiger partial charge in [-0.2, -0.15) is 0 Å². The van der Waals surface area contributed by atoms with Gasteiger partial charge in [-0.3, -0.25) is 10.1 Å². The molecular weight excluding hydrogens is 254 g/mol. The maximum atomic E-state index is 11.9. The molecule has 0 fully saturated rings. The van der Waals surface area contributed by atoms with Gasteiger partial charge in [0.2, 0.25) is 0 Å². The lowest BCUT2D eigenvalue weighted by atomic mass is 9.89. The predicted octanol–water partition coefficient (Wildman–Crippen LogP) is 3.72. The van der Waals surface area contributed by atoms with Crippen molar-refractivity contribution in [3.63, 3.8) is 0 Å². The average Bonchev–Trinajstić information content (AvgIpc) is 2.36. The molecule has 108 valence electrons. The molecule has 1 aromatic carbocycles. The van der Waals surface area contributed by atoms with E-state index in [9.17, 15) is 9.59 Å². The molecule has 0 saturated heterocycles. The number of fused-ring (bicyclic) bond motifs is 1. The van der Waals surface area contributed by atoms with Gasteiger partial charge in [-0.15, -0.1) is 0 Å². The lowest BCUT2D eigenvalue weighted by molar-refractivity contribution is 0.0635. The van der Waals surface area contributed by atoms with Crippen LogP contribution < -0.4 is 5.32 Å². The van der Waals surface area contributed by atoms with Crippen molar-refractivity contribution in [1.82, 2.24) is 0 Å². The highest BCUT2D eigenvalue weighted by molar-refractivity contribution is 5.89. The summed E-state index contributed by atoms with van der Waals surface area (Å²) in [6.07, 6.45) is 4.46. The number of carbonyl (C=O) groups excluding carboxylic acids is 2. The molecule has 0 bridgehead atoms. The third kappa shape index (κ3) is 3.59. The summed E-state index contributed by atoms with van der Waals surface area (Å²) in [7, 11) is 0. The van der Waals surface area contributed by atoms with E-state index in [-0.39, 0.29) is 0 Å². The Morgan fingerprint density at radius 2 is 1.95 bits per heavy atom. The van der Waals surface area contributed by atoms with Gasteiger partial charge in [0.25, 0.3) is 0 Å². The van der Waals surface area contributed by atoms with Gasteiger partial charge in [0.15, 0.2) is 0 Å². The monoisotopic (exact) mass is 275 g/mol. The number of nitrogens with one attached hydrogen (secondary N) is 1. The second kappa shape index (κ2) is 5.65. The minimum atomic E-state index is -0.535. The first-order valence-corrected chi connectivity index (χ1v) is 7.00. The number of aldehydes is 1. The zero-order chi connectivity index (χ0) is 14.8.